The largest absolute Gasteiger partial charge is 0.495 e. The summed E-state index contributed by atoms with van der Waals surface area (Å²) >= 11 is 0. The summed E-state index contributed by atoms with van der Waals surface area (Å²) in [5.41, 5.74) is 3.16. The maximum absolute atomic E-state index is 13.4. The zero-order chi connectivity index (χ0) is 27.1. The van der Waals surface area contributed by atoms with Crippen LogP contribution < -0.4 is 14.9 Å². The molecule has 4 aromatic rings. The van der Waals surface area contributed by atoms with E-state index >= 15 is 0 Å². The van der Waals surface area contributed by atoms with Gasteiger partial charge < -0.3 is 4.74 Å². The van der Waals surface area contributed by atoms with Gasteiger partial charge >= 0.3 is 0 Å². The van der Waals surface area contributed by atoms with Crippen LogP contribution in [0.15, 0.2) is 113 Å². The van der Waals surface area contributed by atoms with E-state index in [-0.39, 0.29) is 22.8 Å². The predicted octanol–water partition coefficient (Wildman–Crippen LogP) is 5.10. The molecular weight excluding hydrogens is 508 g/mol. The first-order chi connectivity index (χ1) is 18.3. The lowest BCUT2D eigenvalue weighted by Gasteiger charge is -2.14. The molecule has 38 heavy (non-hydrogen) atoms. The number of non-ortho nitro benzene ring substituents is 1. The molecule has 0 aliphatic rings. The van der Waals surface area contributed by atoms with Crippen LogP contribution in [0, 0.1) is 10.1 Å². The first kappa shape index (κ1) is 26.0. The van der Waals surface area contributed by atoms with Crippen molar-refractivity contribution in [3.05, 3.63) is 124 Å². The van der Waals surface area contributed by atoms with E-state index in [9.17, 15) is 23.3 Å². The molecule has 0 aliphatic carbocycles. The van der Waals surface area contributed by atoms with E-state index in [4.69, 9.17) is 4.74 Å². The highest BCUT2D eigenvalue weighted by Crippen LogP contribution is 2.31. The number of carbonyl (C=O) groups is 1. The number of rotatable bonds is 10. The van der Waals surface area contributed by atoms with E-state index in [0.717, 1.165) is 12.1 Å². The summed E-state index contributed by atoms with van der Waals surface area (Å²) in [5, 5.41) is 15.7. The number of hydrogen-bond donors (Lipinski definition) is 2. The number of hydrogen-bond acceptors (Lipinski definition) is 8. The fourth-order valence-electron chi connectivity index (χ4n) is 3.55. The molecule has 0 unspecified atom stereocenters. The number of benzene rings is 4. The summed E-state index contributed by atoms with van der Waals surface area (Å²) in [4.78, 5) is 23.6. The molecule has 0 aliphatic heterocycles. The van der Waals surface area contributed by atoms with Crippen LogP contribution in [-0.2, 0) is 10.0 Å². The number of para-hydroxylation sites is 2. The Labute approximate surface area is 218 Å². The molecule has 4 aromatic carbocycles. The van der Waals surface area contributed by atoms with Gasteiger partial charge in [0, 0.05) is 23.3 Å². The fraction of sp³-hybridized carbons (Fsp3) is 0.0370. The number of nitrogens with one attached hydrogen (secondary N) is 2. The lowest BCUT2D eigenvalue weighted by molar-refractivity contribution is -0.385. The van der Waals surface area contributed by atoms with Gasteiger partial charge in [0.2, 0.25) is 5.78 Å². The van der Waals surface area contributed by atoms with Crippen LogP contribution in [0.25, 0.3) is 0 Å². The highest BCUT2D eigenvalue weighted by atomic mass is 32.2. The van der Waals surface area contributed by atoms with Gasteiger partial charge in [-0.2, -0.15) is 5.10 Å². The minimum absolute atomic E-state index is 0.0242. The molecule has 0 radical (unpaired) electrons. The standard InChI is InChI=1S/C27H22N4O6S/c1-37-24-15-9-8-14-22(24)30-38(35,36)25-18-21(31(33)34)16-17-23(25)28-29-26(19-10-4-2-5-11-19)27(32)20-12-6-3-7-13-20/h2-18,28,30H,1H3. The number of ketones is 1. The van der Waals surface area contributed by atoms with Crippen molar-refractivity contribution in [3.63, 3.8) is 0 Å². The number of nitrogens with zero attached hydrogens (tertiary/aromatic N) is 2. The highest BCUT2D eigenvalue weighted by molar-refractivity contribution is 7.93. The average molecular weight is 531 g/mol. The number of carbonyl (C=O) groups excluding carboxylic acids is 1. The minimum atomic E-state index is -4.37. The second-order valence-electron chi connectivity index (χ2n) is 7.88. The third kappa shape index (κ3) is 5.85. The Morgan fingerprint density at radius 1 is 0.842 bits per heavy atom. The van der Waals surface area contributed by atoms with Gasteiger partial charge in [0.1, 0.15) is 16.4 Å². The number of anilines is 2. The van der Waals surface area contributed by atoms with Gasteiger partial charge in [0.05, 0.1) is 23.4 Å². The Morgan fingerprint density at radius 2 is 1.45 bits per heavy atom. The molecule has 0 bridgehead atoms. The van der Waals surface area contributed by atoms with Crippen molar-refractivity contribution in [1.82, 2.24) is 0 Å². The van der Waals surface area contributed by atoms with Crippen LogP contribution in [0.3, 0.4) is 0 Å². The second kappa shape index (κ2) is 11.4. The smallest absolute Gasteiger partial charge is 0.270 e. The molecule has 10 nitrogen and oxygen atoms in total. The maximum atomic E-state index is 13.4. The van der Waals surface area contributed by atoms with Crippen molar-refractivity contribution in [1.29, 1.82) is 0 Å². The zero-order valence-electron chi connectivity index (χ0n) is 20.1. The van der Waals surface area contributed by atoms with Crippen molar-refractivity contribution in [2.75, 3.05) is 17.3 Å². The zero-order valence-corrected chi connectivity index (χ0v) is 20.9. The predicted molar refractivity (Wildman–Crippen MR) is 144 cm³/mol. The lowest BCUT2D eigenvalue weighted by atomic mass is 10.0. The molecule has 0 saturated carbocycles. The molecule has 4 rings (SSSR count). The van der Waals surface area contributed by atoms with Crippen LogP contribution in [0.5, 0.6) is 5.75 Å². The second-order valence-corrected chi connectivity index (χ2v) is 9.53. The molecule has 0 fully saturated rings. The molecule has 2 N–H and O–H groups in total. The summed E-state index contributed by atoms with van der Waals surface area (Å²) in [6.45, 7) is 0. The lowest BCUT2D eigenvalue weighted by Crippen LogP contribution is -2.19. The molecule has 0 amide bonds. The van der Waals surface area contributed by atoms with Crippen molar-refractivity contribution in [2.24, 2.45) is 5.10 Å². The SMILES string of the molecule is COc1ccccc1NS(=O)(=O)c1cc([N+](=O)[O-])ccc1NN=C(C(=O)c1ccccc1)c1ccccc1. The number of nitro groups is 1. The van der Waals surface area contributed by atoms with Gasteiger partial charge in [0.15, 0.2) is 0 Å². The van der Waals surface area contributed by atoms with Crippen molar-refractivity contribution in [3.8, 4) is 5.75 Å². The van der Waals surface area contributed by atoms with Crippen LogP contribution in [0.4, 0.5) is 17.1 Å². The first-order valence-corrected chi connectivity index (χ1v) is 12.7. The van der Waals surface area contributed by atoms with E-state index in [2.05, 4.69) is 15.2 Å². The van der Waals surface area contributed by atoms with E-state index in [0.29, 0.717) is 11.1 Å². The number of hydrazone groups is 1. The molecule has 192 valence electrons. The molecule has 0 saturated heterocycles. The molecule has 0 atom stereocenters. The highest BCUT2D eigenvalue weighted by Gasteiger charge is 2.24. The van der Waals surface area contributed by atoms with E-state index < -0.39 is 31.3 Å². The Morgan fingerprint density at radius 3 is 2.08 bits per heavy atom. The number of methoxy groups -OCH3 is 1. The van der Waals surface area contributed by atoms with Crippen LogP contribution in [0.2, 0.25) is 0 Å². The van der Waals surface area contributed by atoms with Gasteiger partial charge in [-0.25, -0.2) is 8.42 Å². The minimum Gasteiger partial charge on any atom is -0.495 e. The van der Waals surface area contributed by atoms with Crippen LogP contribution in [0.1, 0.15) is 15.9 Å². The third-order valence-corrected chi connectivity index (χ3v) is 6.81. The molecule has 0 heterocycles. The average Bonchev–Trinajstić information content (AvgIpc) is 2.94. The van der Waals surface area contributed by atoms with Crippen LogP contribution in [-0.4, -0.2) is 31.9 Å². The third-order valence-electron chi connectivity index (χ3n) is 5.40. The number of ether oxygens (including phenoxy) is 1. The summed E-state index contributed by atoms with van der Waals surface area (Å²) in [6, 6.07) is 26.7. The van der Waals surface area contributed by atoms with Gasteiger partial charge in [-0.05, 0) is 18.2 Å². The molecule has 0 aromatic heterocycles. The van der Waals surface area contributed by atoms with Crippen molar-refractivity contribution in [2.45, 2.75) is 4.90 Å². The van der Waals surface area contributed by atoms with E-state index in [1.165, 1.54) is 19.2 Å². The topological polar surface area (TPSA) is 140 Å². The van der Waals surface area contributed by atoms with Crippen LogP contribution >= 0.6 is 0 Å². The maximum Gasteiger partial charge on any atom is 0.270 e. The van der Waals surface area contributed by atoms with E-state index in [1.807, 2.05) is 0 Å². The van der Waals surface area contributed by atoms with Crippen molar-refractivity contribution < 1.29 is 22.9 Å². The van der Waals surface area contributed by atoms with Gasteiger partial charge in [0.25, 0.3) is 15.7 Å². The molecular formula is C27H22N4O6S. The first-order valence-electron chi connectivity index (χ1n) is 11.2. The van der Waals surface area contributed by atoms with Gasteiger partial charge in [-0.3, -0.25) is 25.1 Å². The Balaban J connectivity index is 1.78. The normalized spacial score (nSPS) is 11.4. The quantitative estimate of drug-likeness (QED) is 0.126. The monoisotopic (exact) mass is 530 g/mol. The van der Waals surface area contributed by atoms with Gasteiger partial charge in [-0.1, -0.05) is 72.8 Å². The summed E-state index contributed by atoms with van der Waals surface area (Å²) in [7, 11) is -2.98. The summed E-state index contributed by atoms with van der Waals surface area (Å²) < 4.78 is 34.4. The summed E-state index contributed by atoms with van der Waals surface area (Å²) in [5.74, 6) is -0.142. The Hall–Kier alpha value is -5.03. The molecule has 0 spiro atoms. The Kier molecular flexibility index (Phi) is 7.78. The van der Waals surface area contributed by atoms with E-state index in [1.54, 1.807) is 78.9 Å². The summed E-state index contributed by atoms with van der Waals surface area (Å²) in [6.07, 6.45) is 0. The Bertz CT molecular complexity index is 1610. The fourth-order valence-corrected chi connectivity index (χ4v) is 4.80. The van der Waals surface area contributed by atoms with Crippen molar-refractivity contribution >= 4 is 38.6 Å². The molecule has 11 heteroatoms. The van der Waals surface area contributed by atoms with Gasteiger partial charge in [-0.15, -0.1) is 0 Å². The number of sulfonamides is 1. The number of nitro benzene ring substituents is 1. The number of Topliss-reactive ketones (excluding diaryl/α,β-unsaturated/α-hetero) is 1.